The molecule has 33 heavy (non-hydrogen) atoms. The third-order valence-corrected chi connectivity index (χ3v) is 9.89. The lowest BCUT2D eigenvalue weighted by molar-refractivity contribution is -0.119. The van der Waals surface area contributed by atoms with E-state index in [1.807, 2.05) is 0 Å². The van der Waals surface area contributed by atoms with Crippen LogP contribution in [0.15, 0.2) is 12.0 Å². The highest BCUT2D eigenvalue weighted by Crippen LogP contribution is 2.52. The highest BCUT2D eigenvalue weighted by atomic mass is 32.2. The Balaban J connectivity index is 1.58. The fourth-order valence-electron chi connectivity index (χ4n) is 4.53. The number of aromatic nitrogens is 2. The standard InChI is InChI=1S/C22H31N3O7S/c1-7-30-19(27)16-14-8-11-25(18(26)17(14)24(6)23-16)13-22(9-10-22)33(28,29)20(2,3)15-12-31-21(4,5)32-15/h12H,7-11,13H2,1-6H3. The zero-order valence-corrected chi connectivity index (χ0v) is 20.7. The first-order valence-corrected chi connectivity index (χ1v) is 12.6. The minimum absolute atomic E-state index is 0.0779. The molecule has 0 radical (unpaired) electrons. The van der Waals surface area contributed by atoms with Gasteiger partial charge < -0.3 is 19.1 Å². The van der Waals surface area contributed by atoms with Gasteiger partial charge in [-0.25, -0.2) is 13.2 Å². The van der Waals surface area contributed by atoms with Crippen molar-refractivity contribution in [2.24, 2.45) is 7.05 Å². The SMILES string of the molecule is CCOC(=O)c1nn(C)c2c1CCN(CC1(S(=O)(=O)C(C)(C)C3=COC(C)(C)O3)CC1)C2=O. The fourth-order valence-corrected chi connectivity index (χ4v) is 6.93. The number of rotatable bonds is 7. The van der Waals surface area contributed by atoms with Crippen LogP contribution in [0.5, 0.6) is 0 Å². The molecule has 3 heterocycles. The summed E-state index contributed by atoms with van der Waals surface area (Å²) in [4.78, 5) is 27.1. The second-order valence-electron chi connectivity index (χ2n) is 9.80. The van der Waals surface area contributed by atoms with Crippen molar-refractivity contribution in [3.8, 4) is 0 Å². The van der Waals surface area contributed by atoms with Crippen LogP contribution in [0.4, 0.5) is 0 Å². The summed E-state index contributed by atoms with van der Waals surface area (Å²) in [7, 11) is -2.15. The molecule has 4 rings (SSSR count). The minimum atomic E-state index is -3.75. The van der Waals surface area contributed by atoms with Crippen LogP contribution >= 0.6 is 0 Å². The van der Waals surface area contributed by atoms with Gasteiger partial charge in [0, 0.05) is 39.5 Å². The normalized spacial score (nSPS) is 21.1. The molecule has 0 N–H and O–H groups in total. The van der Waals surface area contributed by atoms with Crippen molar-refractivity contribution in [3.05, 3.63) is 29.0 Å². The molecule has 3 aliphatic rings. The summed E-state index contributed by atoms with van der Waals surface area (Å²) in [6.45, 7) is 8.96. The largest absolute Gasteiger partial charge is 0.461 e. The van der Waals surface area contributed by atoms with Gasteiger partial charge >= 0.3 is 5.97 Å². The number of carbonyl (C=O) groups is 2. The molecule has 1 fully saturated rings. The number of amides is 1. The minimum Gasteiger partial charge on any atom is -0.461 e. The zero-order chi connectivity index (χ0) is 24.4. The van der Waals surface area contributed by atoms with E-state index in [9.17, 15) is 18.0 Å². The Bertz CT molecular complexity index is 1140. The number of fused-ring (bicyclic) bond motifs is 1. The second kappa shape index (κ2) is 7.48. The van der Waals surface area contributed by atoms with Crippen molar-refractivity contribution in [2.45, 2.75) is 69.2 Å². The van der Waals surface area contributed by atoms with Crippen LogP contribution in [-0.2, 0) is 37.5 Å². The quantitative estimate of drug-likeness (QED) is 0.543. The maximum Gasteiger partial charge on any atom is 0.359 e. The molecule has 10 nitrogen and oxygen atoms in total. The Morgan fingerprint density at radius 2 is 1.97 bits per heavy atom. The van der Waals surface area contributed by atoms with Gasteiger partial charge in [-0.05, 0) is 40.0 Å². The van der Waals surface area contributed by atoms with E-state index in [0.29, 0.717) is 37.1 Å². The van der Waals surface area contributed by atoms with Gasteiger partial charge in [0.05, 0.1) is 11.4 Å². The Kier molecular flexibility index (Phi) is 5.34. The highest BCUT2D eigenvalue weighted by molar-refractivity contribution is 7.94. The average Bonchev–Trinajstić information content (AvgIpc) is 3.31. The molecule has 0 atom stereocenters. The molecule has 182 valence electrons. The number of hydrogen-bond acceptors (Lipinski definition) is 8. The first kappa shape index (κ1) is 23.6. The van der Waals surface area contributed by atoms with Crippen LogP contribution in [0.3, 0.4) is 0 Å². The summed E-state index contributed by atoms with van der Waals surface area (Å²) in [6, 6.07) is 0. The summed E-state index contributed by atoms with van der Waals surface area (Å²) < 4.78 is 42.9. The van der Waals surface area contributed by atoms with Gasteiger partial charge in [0.1, 0.15) is 16.7 Å². The highest BCUT2D eigenvalue weighted by Gasteiger charge is 2.63. The van der Waals surface area contributed by atoms with E-state index in [0.717, 1.165) is 0 Å². The predicted molar refractivity (Wildman–Crippen MR) is 118 cm³/mol. The summed E-state index contributed by atoms with van der Waals surface area (Å²) in [5, 5.41) is 4.20. The molecular formula is C22H31N3O7S. The lowest BCUT2D eigenvalue weighted by Crippen LogP contribution is -2.51. The fraction of sp³-hybridized carbons (Fsp3) is 0.682. The molecule has 1 amide bonds. The van der Waals surface area contributed by atoms with Gasteiger partial charge in [0.25, 0.3) is 5.91 Å². The first-order chi connectivity index (χ1) is 15.3. The summed E-state index contributed by atoms with van der Waals surface area (Å²) in [5.74, 6) is -1.55. The number of sulfone groups is 1. The zero-order valence-electron chi connectivity index (χ0n) is 19.9. The molecule has 1 saturated carbocycles. The predicted octanol–water partition coefficient (Wildman–Crippen LogP) is 1.95. The molecule has 0 saturated heterocycles. The molecule has 11 heteroatoms. The average molecular weight is 482 g/mol. The molecule has 1 aliphatic carbocycles. The number of ether oxygens (including phenoxy) is 3. The van der Waals surface area contributed by atoms with Gasteiger partial charge in [-0.1, -0.05) is 0 Å². The molecular weight excluding hydrogens is 450 g/mol. The van der Waals surface area contributed by atoms with Crippen molar-refractivity contribution >= 4 is 21.7 Å². The van der Waals surface area contributed by atoms with Gasteiger partial charge in [-0.2, -0.15) is 5.10 Å². The van der Waals surface area contributed by atoms with E-state index in [-0.39, 0.29) is 30.5 Å². The van der Waals surface area contributed by atoms with Crippen LogP contribution in [-0.4, -0.2) is 70.0 Å². The van der Waals surface area contributed by atoms with Crippen molar-refractivity contribution in [2.75, 3.05) is 19.7 Å². The van der Waals surface area contributed by atoms with E-state index in [1.165, 1.54) is 10.9 Å². The van der Waals surface area contributed by atoms with Crippen molar-refractivity contribution in [1.82, 2.24) is 14.7 Å². The molecule has 1 aromatic rings. The Morgan fingerprint density at radius 3 is 2.52 bits per heavy atom. The second-order valence-corrected chi connectivity index (χ2v) is 12.7. The maximum atomic E-state index is 13.8. The number of nitrogens with zero attached hydrogens (tertiary/aromatic N) is 3. The molecule has 0 aromatic carbocycles. The summed E-state index contributed by atoms with van der Waals surface area (Å²) >= 11 is 0. The monoisotopic (exact) mass is 481 g/mol. The molecule has 0 bridgehead atoms. The number of hydrogen-bond donors (Lipinski definition) is 0. The number of aryl methyl sites for hydroxylation is 1. The van der Waals surface area contributed by atoms with E-state index in [2.05, 4.69) is 5.10 Å². The lowest BCUT2D eigenvalue weighted by Gasteiger charge is -2.35. The number of carbonyl (C=O) groups excluding carboxylic acids is 2. The van der Waals surface area contributed by atoms with Crippen LogP contribution in [0.1, 0.15) is 74.0 Å². The number of esters is 1. The summed E-state index contributed by atoms with van der Waals surface area (Å²) in [5.41, 5.74) is 0.994. The lowest BCUT2D eigenvalue weighted by atomic mass is 10.0. The summed E-state index contributed by atoms with van der Waals surface area (Å²) in [6.07, 6.45) is 2.70. The van der Waals surface area contributed by atoms with Crippen LogP contribution in [0, 0.1) is 0 Å². The Hall–Kier alpha value is -2.56. The van der Waals surface area contributed by atoms with E-state index >= 15 is 0 Å². The van der Waals surface area contributed by atoms with Gasteiger partial charge in [-0.15, -0.1) is 0 Å². The smallest absolute Gasteiger partial charge is 0.359 e. The van der Waals surface area contributed by atoms with Crippen molar-refractivity contribution in [1.29, 1.82) is 0 Å². The molecule has 2 aliphatic heterocycles. The van der Waals surface area contributed by atoms with Gasteiger partial charge in [0.2, 0.25) is 5.79 Å². The molecule has 1 aromatic heterocycles. The van der Waals surface area contributed by atoms with Crippen LogP contribution < -0.4 is 0 Å². The Labute approximate surface area is 193 Å². The van der Waals surface area contributed by atoms with Crippen molar-refractivity contribution in [3.63, 3.8) is 0 Å². The molecule has 0 unspecified atom stereocenters. The van der Waals surface area contributed by atoms with E-state index in [1.54, 1.807) is 46.6 Å². The van der Waals surface area contributed by atoms with Gasteiger partial charge in [0.15, 0.2) is 21.3 Å². The topological polar surface area (TPSA) is 117 Å². The van der Waals surface area contributed by atoms with Crippen LogP contribution in [0.25, 0.3) is 0 Å². The van der Waals surface area contributed by atoms with Crippen molar-refractivity contribution < 1.29 is 32.2 Å². The molecule has 0 spiro atoms. The van der Waals surface area contributed by atoms with E-state index < -0.39 is 31.1 Å². The van der Waals surface area contributed by atoms with Gasteiger partial charge in [-0.3, -0.25) is 9.48 Å². The third-order valence-electron chi connectivity index (χ3n) is 6.66. The maximum absolute atomic E-state index is 13.8. The van der Waals surface area contributed by atoms with E-state index in [4.69, 9.17) is 14.2 Å². The van der Waals surface area contributed by atoms with Crippen LogP contribution in [0.2, 0.25) is 0 Å². The Morgan fingerprint density at radius 1 is 1.30 bits per heavy atom. The third kappa shape index (κ3) is 3.60. The first-order valence-electron chi connectivity index (χ1n) is 11.1.